The molecule has 0 rings (SSSR count). The lowest BCUT2D eigenvalue weighted by Crippen LogP contribution is -2.49. The highest BCUT2D eigenvalue weighted by atomic mass is 16.5. The Kier molecular flexibility index (Phi) is 7.85. The van der Waals surface area contributed by atoms with Crippen LogP contribution in [0, 0.1) is 0 Å². The van der Waals surface area contributed by atoms with Gasteiger partial charge in [-0.25, -0.2) is 0 Å². The Morgan fingerprint density at radius 1 is 0.950 bits per heavy atom. The number of carboxylic acids is 3. The molecule has 114 valence electrons. The first-order chi connectivity index (χ1) is 9.27. The van der Waals surface area contributed by atoms with E-state index in [0.29, 0.717) is 0 Å². The summed E-state index contributed by atoms with van der Waals surface area (Å²) in [6.07, 6.45) is -1.62. The van der Waals surface area contributed by atoms with Crippen LogP contribution in [0.2, 0.25) is 0 Å². The molecule has 0 spiro atoms. The maximum Gasteiger partial charge on any atom is 0.323 e. The molecular weight excluding hydrogens is 278 g/mol. The molecule has 0 aromatic rings. The number of aliphatic hydroxyl groups is 1. The van der Waals surface area contributed by atoms with Gasteiger partial charge in [-0.1, -0.05) is 0 Å². The highest BCUT2D eigenvalue weighted by molar-refractivity contribution is 5.85. The first-order valence-corrected chi connectivity index (χ1v) is 5.47. The molecule has 0 saturated heterocycles. The van der Waals surface area contributed by atoms with Crippen LogP contribution in [-0.4, -0.2) is 69.6 Å². The van der Waals surface area contributed by atoms with Gasteiger partial charge in [0.25, 0.3) is 0 Å². The molecule has 0 aromatic heterocycles. The molecule has 0 aromatic carbocycles. The molecule has 20 heavy (non-hydrogen) atoms. The zero-order valence-corrected chi connectivity index (χ0v) is 10.3. The fourth-order valence-electron chi connectivity index (χ4n) is 1.27. The van der Waals surface area contributed by atoms with Gasteiger partial charge in [-0.05, 0) is 0 Å². The Balaban J connectivity index is 4.82. The normalized spacial score (nSPS) is 13.2. The molecule has 5 N–H and O–H groups in total. The molecule has 2 unspecified atom stereocenters. The number of carbonyl (C=O) groups excluding carboxylic acids is 1. The van der Waals surface area contributed by atoms with Crippen LogP contribution in [0.5, 0.6) is 0 Å². The van der Waals surface area contributed by atoms with Crippen molar-refractivity contribution < 1.29 is 44.3 Å². The fraction of sp³-hybridized carbons (Fsp3) is 0.600. The van der Waals surface area contributed by atoms with E-state index in [0.717, 1.165) is 0 Å². The second-order valence-electron chi connectivity index (χ2n) is 3.70. The summed E-state index contributed by atoms with van der Waals surface area (Å²) in [5, 5.41) is 36.6. The van der Waals surface area contributed by atoms with Crippen LogP contribution in [0.4, 0.5) is 0 Å². The monoisotopic (exact) mass is 293 g/mol. The fourth-order valence-corrected chi connectivity index (χ4v) is 1.27. The first-order valence-electron chi connectivity index (χ1n) is 5.47. The highest BCUT2D eigenvalue weighted by Crippen LogP contribution is 2.02. The van der Waals surface area contributed by atoms with Crippen LogP contribution in [0.1, 0.15) is 12.8 Å². The van der Waals surface area contributed by atoms with E-state index in [4.69, 9.17) is 20.4 Å². The van der Waals surface area contributed by atoms with Gasteiger partial charge in [-0.3, -0.25) is 24.5 Å². The van der Waals surface area contributed by atoms with Gasteiger partial charge in [-0.2, -0.15) is 0 Å². The van der Waals surface area contributed by atoms with Gasteiger partial charge in [-0.15, -0.1) is 0 Å². The van der Waals surface area contributed by atoms with Gasteiger partial charge >= 0.3 is 23.9 Å². The summed E-state index contributed by atoms with van der Waals surface area (Å²) in [4.78, 5) is 43.4. The lowest BCUT2D eigenvalue weighted by atomic mass is 10.1. The minimum absolute atomic E-state index is 0.382. The molecule has 0 radical (unpaired) electrons. The molecule has 0 bridgehead atoms. The summed E-state index contributed by atoms with van der Waals surface area (Å²) in [5.41, 5.74) is 0. The minimum Gasteiger partial charge on any atom is -0.481 e. The van der Waals surface area contributed by atoms with Gasteiger partial charge in [0, 0.05) is 0 Å². The molecule has 0 aliphatic carbocycles. The third-order valence-corrected chi connectivity index (χ3v) is 2.08. The predicted molar refractivity (Wildman–Crippen MR) is 60.9 cm³/mol. The topological polar surface area (TPSA) is 170 Å². The zero-order chi connectivity index (χ0) is 15.7. The smallest absolute Gasteiger partial charge is 0.323 e. The molecule has 0 fully saturated rings. The molecular formula is C10H15NO9. The summed E-state index contributed by atoms with van der Waals surface area (Å²) in [6, 6.07) is -3.17. The largest absolute Gasteiger partial charge is 0.481 e. The number of nitrogens with one attached hydrogen (secondary N) is 1. The third-order valence-electron chi connectivity index (χ3n) is 2.08. The van der Waals surface area contributed by atoms with E-state index in [1.165, 1.54) is 0 Å². The molecule has 10 heteroatoms. The third kappa shape index (κ3) is 7.28. The van der Waals surface area contributed by atoms with E-state index >= 15 is 0 Å². The Hall–Kier alpha value is -2.20. The average molecular weight is 293 g/mol. The molecule has 10 nitrogen and oxygen atoms in total. The Morgan fingerprint density at radius 2 is 1.45 bits per heavy atom. The summed E-state index contributed by atoms with van der Waals surface area (Å²) in [6.45, 7) is -0.865. The number of rotatable bonds is 10. The average Bonchev–Trinajstić information content (AvgIpc) is 2.32. The van der Waals surface area contributed by atoms with Crippen LogP contribution in [0.25, 0.3) is 0 Å². The van der Waals surface area contributed by atoms with Crippen molar-refractivity contribution in [3.63, 3.8) is 0 Å². The Bertz CT molecular complexity index is 381. The van der Waals surface area contributed by atoms with Crippen LogP contribution in [0.15, 0.2) is 0 Å². The van der Waals surface area contributed by atoms with Crippen molar-refractivity contribution in [1.29, 1.82) is 0 Å². The predicted octanol–water partition coefficient (Wildman–Crippen LogP) is -2.12. The number of aliphatic hydroxyl groups excluding tert-OH is 1. The molecule has 2 atom stereocenters. The second-order valence-corrected chi connectivity index (χ2v) is 3.70. The second kappa shape index (κ2) is 8.82. The van der Waals surface area contributed by atoms with Crippen molar-refractivity contribution in [2.75, 3.05) is 13.2 Å². The van der Waals surface area contributed by atoms with E-state index in [1.54, 1.807) is 0 Å². The number of carbonyl (C=O) groups is 4. The van der Waals surface area contributed by atoms with E-state index in [-0.39, 0.29) is 6.61 Å². The maximum atomic E-state index is 11.5. The number of esters is 1. The lowest BCUT2D eigenvalue weighted by molar-refractivity contribution is -0.153. The van der Waals surface area contributed by atoms with Gasteiger partial charge in [0.15, 0.2) is 0 Å². The molecule has 0 saturated carbocycles. The first kappa shape index (κ1) is 17.8. The summed E-state index contributed by atoms with van der Waals surface area (Å²) in [5.74, 6) is -5.46. The van der Waals surface area contributed by atoms with Crippen molar-refractivity contribution in [3.05, 3.63) is 0 Å². The minimum atomic E-state index is -1.64. The van der Waals surface area contributed by atoms with Crippen molar-refractivity contribution >= 4 is 23.9 Å². The highest BCUT2D eigenvalue weighted by Gasteiger charge is 2.30. The quantitative estimate of drug-likeness (QED) is 0.280. The molecule has 0 amide bonds. The standard InChI is InChI=1S/C10H15NO9/c12-1-2-20-10(19)6(4-8(15)16)11-5(9(17)18)3-7(13)14/h5-6,11-12H,1-4H2,(H,13,14)(H,15,16)(H,17,18). The number of carboxylic acid groups (broad SMARTS) is 3. The molecule has 0 aliphatic heterocycles. The van der Waals surface area contributed by atoms with Gasteiger partial charge in [0.2, 0.25) is 0 Å². The Labute approximate surface area is 113 Å². The molecule has 0 aliphatic rings. The van der Waals surface area contributed by atoms with Crippen molar-refractivity contribution in [2.24, 2.45) is 0 Å². The van der Waals surface area contributed by atoms with Gasteiger partial charge < -0.3 is 25.2 Å². The number of hydrogen-bond donors (Lipinski definition) is 5. The van der Waals surface area contributed by atoms with Crippen LogP contribution in [0.3, 0.4) is 0 Å². The Morgan fingerprint density at radius 3 is 1.85 bits per heavy atom. The summed E-state index contributed by atoms with van der Waals surface area (Å²) < 4.78 is 4.48. The maximum absolute atomic E-state index is 11.5. The SMILES string of the molecule is O=C(O)CC(NC(CC(=O)O)C(=O)OCCO)C(=O)O. The lowest BCUT2D eigenvalue weighted by Gasteiger charge is -2.19. The van der Waals surface area contributed by atoms with Crippen molar-refractivity contribution in [1.82, 2.24) is 5.32 Å². The van der Waals surface area contributed by atoms with Gasteiger partial charge in [0.1, 0.15) is 18.7 Å². The summed E-state index contributed by atoms with van der Waals surface area (Å²) >= 11 is 0. The van der Waals surface area contributed by atoms with E-state index < -0.39 is 55.4 Å². The zero-order valence-electron chi connectivity index (χ0n) is 10.3. The van der Waals surface area contributed by atoms with Crippen LogP contribution >= 0.6 is 0 Å². The molecule has 0 heterocycles. The van der Waals surface area contributed by atoms with E-state index in [1.807, 2.05) is 0 Å². The van der Waals surface area contributed by atoms with Crippen LogP contribution < -0.4 is 5.32 Å². The number of aliphatic carboxylic acids is 3. The summed E-state index contributed by atoms with van der Waals surface area (Å²) in [7, 11) is 0. The van der Waals surface area contributed by atoms with E-state index in [2.05, 4.69) is 10.1 Å². The number of ether oxygens (including phenoxy) is 1. The van der Waals surface area contributed by atoms with Crippen molar-refractivity contribution in [2.45, 2.75) is 24.9 Å². The van der Waals surface area contributed by atoms with E-state index in [9.17, 15) is 19.2 Å². The number of hydrogen-bond acceptors (Lipinski definition) is 7. The van der Waals surface area contributed by atoms with Crippen LogP contribution in [-0.2, 0) is 23.9 Å². The van der Waals surface area contributed by atoms with Crippen molar-refractivity contribution in [3.8, 4) is 0 Å². The van der Waals surface area contributed by atoms with Gasteiger partial charge in [0.05, 0.1) is 19.4 Å².